The fraction of sp³-hybridized carbons (Fsp3) is 0.179. The number of carbonyl (C=O) groups is 2. The van der Waals surface area contributed by atoms with E-state index in [0.717, 1.165) is 5.56 Å². The number of methoxy groups -OCH3 is 1. The van der Waals surface area contributed by atoms with E-state index in [1.165, 1.54) is 5.01 Å². The van der Waals surface area contributed by atoms with Crippen molar-refractivity contribution in [1.29, 1.82) is 0 Å². The lowest BCUT2D eigenvalue weighted by atomic mass is 10.1. The van der Waals surface area contributed by atoms with Gasteiger partial charge in [0.15, 0.2) is 18.1 Å². The van der Waals surface area contributed by atoms with Gasteiger partial charge in [0.2, 0.25) is 0 Å². The van der Waals surface area contributed by atoms with Crippen LogP contribution in [-0.4, -0.2) is 37.8 Å². The average molecular weight is 486 g/mol. The van der Waals surface area contributed by atoms with E-state index in [1.807, 2.05) is 43.3 Å². The molecule has 0 saturated carbocycles. The van der Waals surface area contributed by atoms with Gasteiger partial charge in [0.05, 0.1) is 36.4 Å². The highest BCUT2D eigenvalue weighted by molar-refractivity contribution is 6.32. The Morgan fingerprint density at radius 1 is 0.972 bits per heavy atom. The van der Waals surface area contributed by atoms with Crippen molar-refractivity contribution in [2.75, 3.05) is 30.6 Å². The lowest BCUT2D eigenvalue weighted by molar-refractivity contribution is -0.118. The first-order valence-corrected chi connectivity index (χ1v) is 11.5. The molecule has 0 saturated heterocycles. The fourth-order valence-corrected chi connectivity index (χ4v) is 3.67. The predicted molar refractivity (Wildman–Crippen MR) is 140 cm³/mol. The topological polar surface area (TPSA) is 89.5 Å². The summed E-state index contributed by atoms with van der Waals surface area (Å²) < 4.78 is 16.7. The van der Waals surface area contributed by atoms with Crippen LogP contribution in [0.1, 0.15) is 19.4 Å². The number of nitrogens with one attached hydrogen (secondary N) is 1. The molecule has 1 N–H and O–H groups in total. The second-order valence-electron chi connectivity index (χ2n) is 7.87. The maximum atomic E-state index is 13.0. The van der Waals surface area contributed by atoms with Crippen molar-refractivity contribution in [2.24, 2.45) is 5.10 Å². The molecular formula is C28H27N3O5. The van der Waals surface area contributed by atoms with Crippen molar-refractivity contribution in [3.05, 3.63) is 83.9 Å². The number of nitrogens with zero attached hydrogens (tertiary/aromatic N) is 2. The van der Waals surface area contributed by atoms with Crippen LogP contribution >= 0.6 is 0 Å². The summed E-state index contributed by atoms with van der Waals surface area (Å²) in [6.45, 7) is 3.85. The molecule has 0 spiro atoms. The molecule has 4 rings (SSSR count). The molecule has 0 aliphatic carbocycles. The third kappa shape index (κ3) is 5.55. The van der Waals surface area contributed by atoms with Gasteiger partial charge in [0.25, 0.3) is 11.8 Å². The molecule has 3 aromatic rings. The van der Waals surface area contributed by atoms with Gasteiger partial charge in [-0.05, 0) is 61.9 Å². The molecule has 0 aromatic heterocycles. The van der Waals surface area contributed by atoms with Gasteiger partial charge in [-0.25, -0.2) is 0 Å². The van der Waals surface area contributed by atoms with E-state index in [2.05, 4.69) is 10.4 Å². The van der Waals surface area contributed by atoms with Crippen molar-refractivity contribution in [1.82, 2.24) is 0 Å². The summed E-state index contributed by atoms with van der Waals surface area (Å²) in [5, 5.41) is 8.58. The maximum Gasteiger partial charge on any atom is 0.280 e. The van der Waals surface area contributed by atoms with Gasteiger partial charge in [-0.1, -0.05) is 36.4 Å². The minimum atomic E-state index is -0.336. The Bertz CT molecular complexity index is 1320. The predicted octanol–water partition coefficient (Wildman–Crippen LogP) is 4.92. The van der Waals surface area contributed by atoms with Crippen LogP contribution in [0.3, 0.4) is 0 Å². The van der Waals surface area contributed by atoms with E-state index in [0.29, 0.717) is 46.5 Å². The summed E-state index contributed by atoms with van der Waals surface area (Å²) >= 11 is 0. The number of carbonyl (C=O) groups excluding carboxylic acids is 2. The number of hydrogen-bond acceptors (Lipinski definition) is 6. The molecule has 3 aromatic carbocycles. The second-order valence-corrected chi connectivity index (χ2v) is 7.87. The van der Waals surface area contributed by atoms with Crippen LogP contribution in [0, 0.1) is 0 Å². The Balaban J connectivity index is 1.48. The molecule has 184 valence electrons. The first kappa shape index (κ1) is 24.5. The first-order valence-electron chi connectivity index (χ1n) is 11.5. The Morgan fingerprint density at radius 3 is 2.47 bits per heavy atom. The van der Waals surface area contributed by atoms with Gasteiger partial charge >= 0.3 is 0 Å². The standard InChI is InChI=1S/C28H27N3O5/c1-4-35-26-17-20(16-22-19(2)30-31(28(22)33)21-10-6-5-7-11-21)14-15-25(26)36-18-27(32)29-23-12-8-9-13-24(23)34-3/h5-17H,4,18H2,1-3H3,(H,29,32)/b22-16-. The van der Waals surface area contributed by atoms with Crippen LogP contribution in [0.2, 0.25) is 0 Å². The molecule has 0 atom stereocenters. The SMILES string of the molecule is CCOc1cc(/C=C2\C(=O)N(c3ccccc3)N=C2C)ccc1OCC(=O)Nc1ccccc1OC. The van der Waals surface area contributed by atoms with Crippen LogP contribution in [0.25, 0.3) is 6.08 Å². The fourth-order valence-electron chi connectivity index (χ4n) is 3.67. The molecule has 2 amide bonds. The summed E-state index contributed by atoms with van der Waals surface area (Å²) in [6, 6.07) is 21.7. The Kier molecular flexibility index (Phi) is 7.65. The second kappa shape index (κ2) is 11.2. The highest BCUT2D eigenvalue weighted by Crippen LogP contribution is 2.31. The maximum absolute atomic E-state index is 13.0. The third-order valence-corrected chi connectivity index (χ3v) is 5.38. The van der Waals surface area contributed by atoms with Gasteiger partial charge in [-0.2, -0.15) is 10.1 Å². The van der Waals surface area contributed by atoms with Gasteiger partial charge in [0.1, 0.15) is 5.75 Å². The van der Waals surface area contributed by atoms with E-state index < -0.39 is 0 Å². The summed E-state index contributed by atoms with van der Waals surface area (Å²) in [7, 11) is 1.54. The van der Waals surface area contributed by atoms with Gasteiger partial charge < -0.3 is 19.5 Å². The van der Waals surface area contributed by atoms with E-state index in [4.69, 9.17) is 14.2 Å². The van der Waals surface area contributed by atoms with Crippen LogP contribution < -0.4 is 24.5 Å². The summed E-state index contributed by atoms with van der Waals surface area (Å²) in [5.74, 6) is 0.909. The lowest BCUT2D eigenvalue weighted by Crippen LogP contribution is -2.21. The van der Waals surface area contributed by atoms with Crippen molar-refractivity contribution >= 4 is 35.0 Å². The number of amides is 2. The quantitative estimate of drug-likeness (QED) is 0.435. The molecular weight excluding hydrogens is 458 g/mol. The summed E-state index contributed by atoms with van der Waals surface area (Å²) in [4.78, 5) is 25.4. The van der Waals surface area contributed by atoms with Crippen molar-refractivity contribution in [3.8, 4) is 17.2 Å². The monoisotopic (exact) mass is 485 g/mol. The smallest absolute Gasteiger partial charge is 0.280 e. The van der Waals surface area contributed by atoms with E-state index in [1.54, 1.807) is 56.5 Å². The third-order valence-electron chi connectivity index (χ3n) is 5.38. The number of para-hydroxylation sites is 3. The van der Waals surface area contributed by atoms with E-state index in [-0.39, 0.29) is 18.4 Å². The summed E-state index contributed by atoms with van der Waals surface area (Å²) in [5.41, 5.74) is 3.12. The molecule has 0 fully saturated rings. The largest absolute Gasteiger partial charge is 0.495 e. The van der Waals surface area contributed by atoms with Gasteiger partial charge in [-0.15, -0.1) is 0 Å². The normalized spacial score (nSPS) is 14.0. The van der Waals surface area contributed by atoms with Crippen LogP contribution in [0.4, 0.5) is 11.4 Å². The van der Waals surface area contributed by atoms with Gasteiger partial charge in [0, 0.05) is 0 Å². The van der Waals surface area contributed by atoms with Crippen LogP contribution in [-0.2, 0) is 9.59 Å². The van der Waals surface area contributed by atoms with Crippen LogP contribution in [0.15, 0.2) is 83.5 Å². The Morgan fingerprint density at radius 2 is 1.72 bits per heavy atom. The zero-order valence-corrected chi connectivity index (χ0v) is 20.4. The highest BCUT2D eigenvalue weighted by Gasteiger charge is 2.28. The molecule has 8 heteroatoms. The molecule has 8 nitrogen and oxygen atoms in total. The lowest BCUT2D eigenvalue weighted by Gasteiger charge is -2.14. The van der Waals surface area contributed by atoms with Crippen molar-refractivity contribution < 1.29 is 23.8 Å². The van der Waals surface area contributed by atoms with Crippen LogP contribution in [0.5, 0.6) is 17.2 Å². The molecule has 0 radical (unpaired) electrons. The average Bonchev–Trinajstić information content (AvgIpc) is 3.17. The molecule has 0 bridgehead atoms. The number of benzene rings is 3. The van der Waals surface area contributed by atoms with E-state index in [9.17, 15) is 9.59 Å². The van der Waals surface area contributed by atoms with Crippen molar-refractivity contribution in [2.45, 2.75) is 13.8 Å². The first-order chi connectivity index (χ1) is 17.5. The zero-order valence-electron chi connectivity index (χ0n) is 20.4. The minimum absolute atomic E-state index is 0.204. The van der Waals surface area contributed by atoms with Crippen molar-refractivity contribution in [3.63, 3.8) is 0 Å². The van der Waals surface area contributed by atoms with Gasteiger partial charge in [-0.3, -0.25) is 9.59 Å². The number of rotatable bonds is 9. The number of hydrogen-bond donors (Lipinski definition) is 1. The Labute approximate surface area is 209 Å². The Hall–Kier alpha value is -4.59. The number of ether oxygens (including phenoxy) is 3. The molecule has 36 heavy (non-hydrogen) atoms. The minimum Gasteiger partial charge on any atom is -0.495 e. The molecule has 1 aliphatic heterocycles. The van der Waals surface area contributed by atoms with E-state index >= 15 is 0 Å². The number of hydrazone groups is 1. The molecule has 0 unspecified atom stereocenters. The highest BCUT2D eigenvalue weighted by atomic mass is 16.5. The summed E-state index contributed by atoms with van der Waals surface area (Å²) in [6.07, 6.45) is 1.77. The zero-order chi connectivity index (χ0) is 25.5. The number of anilines is 2. The molecule has 1 heterocycles. The molecule has 1 aliphatic rings.